The highest BCUT2D eigenvalue weighted by atomic mass is 15.1. The van der Waals surface area contributed by atoms with E-state index in [1.165, 1.54) is 54.9 Å². The lowest BCUT2D eigenvalue weighted by Gasteiger charge is -2.28. The van der Waals surface area contributed by atoms with Crippen molar-refractivity contribution < 1.29 is 0 Å². The Bertz CT molecular complexity index is 2230. The van der Waals surface area contributed by atoms with Gasteiger partial charge in [0.05, 0.1) is 5.69 Å². The first-order valence-electron chi connectivity index (χ1n) is 15.4. The molecule has 0 N–H and O–H groups in total. The van der Waals surface area contributed by atoms with Crippen LogP contribution in [0.5, 0.6) is 0 Å². The Morgan fingerprint density at radius 1 is 0.267 bits per heavy atom. The van der Waals surface area contributed by atoms with Crippen molar-refractivity contribution in [3.63, 3.8) is 0 Å². The molecule has 212 valence electrons. The first-order valence-corrected chi connectivity index (χ1v) is 15.4. The van der Waals surface area contributed by atoms with Gasteiger partial charge in [0.2, 0.25) is 0 Å². The maximum Gasteiger partial charge on any atom is 0.0546 e. The van der Waals surface area contributed by atoms with Crippen molar-refractivity contribution in [3.05, 3.63) is 188 Å². The lowest BCUT2D eigenvalue weighted by molar-refractivity contribution is 1.30. The largest absolute Gasteiger partial charge is 0.310 e. The molecule has 8 aromatic carbocycles. The van der Waals surface area contributed by atoms with E-state index in [9.17, 15) is 0 Å². The Morgan fingerprint density at radius 2 is 0.733 bits per heavy atom. The third kappa shape index (κ3) is 5.15. The van der Waals surface area contributed by atoms with Crippen LogP contribution in [-0.4, -0.2) is 0 Å². The van der Waals surface area contributed by atoms with Crippen molar-refractivity contribution in [3.8, 4) is 33.4 Å². The first kappa shape index (κ1) is 26.7. The highest BCUT2D eigenvalue weighted by Gasteiger charge is 2.18. The van der Waals surface area contributed by atoms with E-state index in [0.29, 0.717) is 0 Å². The average Bonchev–Trinajstić information content (AvgIpc) is 3.13. The van der Waals surface area contributed by atoms with E-state index in [1.54, 1.807) is 0 Å². The second-order valence-electron chi connectivity index (χ2n) is 11.4. The zero-order valence-electron chi connectivity index (χ0n) is 24.8. The quantitative estimate of drug-likeness (QED) is 0.179. The van der Waals surface area contributed by atoms with Crippen LogP contribution >= 0.6 is 0 Å². The highest BCUT2D eigenvalue weighted by molar-refractivity contribution is 6.14. The summed E-state index contributed by atoms with van der Waals surface area (Å²) in [6, 6.07) is 67.6. The van der Waals surface area contributed by atoms with Gasteiger partial charge in [0.15, 0.2) is 0 Å². The topological polar surface area (TPSA) is 3.24 Å². The summed E-state index contributed by atoms with van der Waals surface area (Å²) in [6.45, 7) is 0. The minimum atomic E-state index is 1.12. The Hall–Kier alpha value is -5.92. The minimum absolute atomic E-state index is 1.12. The Labute approximate surface area is 264 Å². The van der Waals surface area contributed by atoms with Crippen molar-refractivity contribution in [2.24, 2.45) is 0 Å². The van der Waals surface area contributed by atoms with Crippen LogP contribution in [-0.2, 0) is 0 Å². The number of rotatable bonds is 6. The van der Waals surface area contributed by atoms with Crippen LogP contribution in [0.4, 0.5) is 17.1 Å². The number of hydrogen-bond donors (Lipinski definition) is 0. The fraction of sp³-hybridized carbons (Fsp3) is 0. The zero-order chi connectivity index (χ0) is 30.0. The van der Waals surface area contributed by atoms with E-state index in [-0.39, 0.29) is 0 Å². The summed E-state index contributed by atoms with van der Waals surface area (Å²) in [6.07, 6.45) is 0. The third-order valence-electron chi connectivity index (χ3n) is 8.65. The predicted octanol–water partition coefficient (Wildman–Crippen LogP) is 12.5. The SMILES string of the molecule is c1ccc(-c2ccc(-c3ccc(N(c4cccc(-c5ccccc5)c4)c4cc5ccccc5c5ccccc45)cc3)cc2)cc1. The van der Waals surface area contributed by atoms with Gasteiger partial charge in [-0.15, -0.1) is 0 Å². The molecule has 0 atom stereocenters. The van der Waals surface area contributed by atoms with Gasteiger partial charge >= 0.3 is 0 Å². The van der Waals surface area contributed by atoms with Crippen LogP contribution in [0.2, 0.25) is 0 Å². The van der Waals surface area contributed by atoms with E-state index in [1.807, 2.05) is 0 Å². The van der Waals surface area contributed by atoms with Crippen LogP contribution in [0.3, 0.4) is 0 Å². The molecule has 45 heavy (non-hydrogen) atoms. The molecule has 0 aliphatic rings. The van der Waals surface area contributed by atoms with Gasteiger partial charge in [0, 0.05) is 16.8 Å². The molecule has 0 radical (unpaired) electrons. The molecule has 0 saturated carbocycles. The van der Waals surface area contributed by atoms with E-state index >= 15 is 0 Å². The molecule has 0 amide bonds. The Morgan fingerprint density at radius 3 is 1.38 bits per heavy atom. The van der Waals surface area contributed by atoms with Crippen LogP contribution in [0, 0.1) is 0 Å². The molecule has 8 rings (SSSR count). The van der Waals surface area contributed by atoms with Gasteiger partial charge in [0.25, 0.3) is 0 Å². The normalized spacial score (nSPS) is 11.1. The van der Waals surface area contributed by atoms with E-state index in [0.717, 1.165) is 17.1 Å². The smallest absolute Gasteiger partial charge is 0.0546 e. The summed E-state index contributed by atoms with van der Waals surface area (Å²) in [4.78, 5) is 2.41. The first-order chi connectivity index (χ1) is 22.3. The number of nitrogens with zero attached hydrogens (tertiary/aromatic N) is 1. The minimum Gasteiger partial charge on any atom is -0.310 e. The van der Waals surface area contributed by atoms with Gasteiger partial charge in [-0.1, -0.05) is 158 Å². The molecule has 1 nitrogen and oxygen atoms in total. The maximum atomic E-state index is 2.41. The number of hydrogen-bond acceptors (Lipinski definition) is 1. The summed E-state index contributed by atoms with van der Waals surface area (Å²) in [7, 11) is 0. The molecular formula is C44H31N. The molecule has 0 aliphatic carbocycles. The lowest BCUT2D eigenvalue weighted by atomic mass is 9.98. The molecule has 0 aromatic heterocycles. The molecule has 1 heteroatoms. The van der Waals surface area contributed by atoms with Crippen molar-refractivity contribution >= 4 is 38.6 Å². The van der Waals surface area contributed by atoms with Crippen LogP contribution in [0.25, 0.3) is 54.9 Å². The molecule has 8 aromatic rings. The maximum absolute atomic E-state index is 2.41. The van der Waals surface area contributed by atoms with Crippen LogP contribution < -0.4 is 4.90 Å². The van der Waals surface area contributed by atoms with Gasteiger partial charge in [-0.2, -0.15) is 0 Å². The lowest BCUT2D eigenvalue weighted by Crippen LogP contribution is -2.10. The van der Waals surface area contributed by atoms with Gasteiger partial charge in [-0.3, -0.25) is 0 Å². The Balaban J connectivity index is 1.26. The molecule has 0 unspecified atom stereocenters. The summed E-state index contributed by atoms with van der Waals surface area (Å²) in [5.41, 5.74) is 10.7. The predicted molar refractivity (Wildman–Crippen MR) is 192 cm³/mol. The zero-order valence-corrected chi connectivity index (χ0v) is 24.8. The van der Waals surface area contributed by atoms with E-state index < -0.39 is 0 Å². The molecule has 0 fully saturated rings. The summed E-state index contributed by atoms with van der Waals surface area (Å²) in [5, 5.41) is 4.97. The molecule has 0 bridgehead atoms. The molecule has 0 saturated heterocycles. The third-order valence-corrected chi connectivity index (χ3v) is 8.65. The standard InChI is InChI=1S/C44H31N/c1-3-12-32(13-4-1)34-22-24-35(25-23-34)36-26-28-39(29-27-36)45(40-18-11-17-37(30-40)33-14-5-2-6-15-33)44-31-38-16-7-8-19-41(38)42-20-9-10-21-43(42)44/h1-31H. The van der Waals surface area contributed by atoms with Gasteiger partial charge < -0.3 is 4.90 Å². The van der Waals surface area contributed by atoms with Crippen LogP contribution in [0.1, 0.15) is 0 Å². The Kier molecular flexibility index (Phi) is 6.90. The van der Waals surface area contributed by atoms with Gasteiger partial charge in [-0.25, -0.2) is 0 Å². The summed E-state index contributed by atoms with van der Waals surface area (Å²) < 4.78 is 0. The van der Waals surface area contributed by atoms with Gasteiger partial charge in [-0.05, 0) is 79.9 Å². The second kappa shape index (κ2) is 11.6. The monoisotopic (exact) mass is 573 g/mol. The van der Waals surface area contributed by atoms with Crippen molar-refractivity contribution in [1.29, 1.82) is 0 Å². The van der Waals surface area contributed by atoms with E-state index in [2.05, 4.69) is 193 Å². The molecule has 0 aliphatic heterocycles. The summed E-state index contributed by atoms with van der Waals surface area (Å²) in [5.74, 6) is 0. The van der Waals surface area contributed by atoms with Crippen LogP contribution in [0.15, 0.2) is 188 Å². The number of anilines is 3. The molecule has 0 heterocycles. The van der Waals surface area contributed by atoms with Gasteiger partial charge in [0.1, 0.15) is 0 Å². The van der Waals surface area contributed by atoms with Crippen molar-refractivity contribution in [2.45, 2.75) is 0 Å². The number of benzene rings is 8. The highest BCUT2D eigenvalue weighted by Crippen LogP contribution is 2.43. The second-order valence-corrected chi connectivity index (χ2v) is 11.4. The van der Waals surface area contributed by atoms with E-state index in [4.69, 9.17) is 0 Å². The van der Waals surface area contributed by atoms with Crippen molar-refractivity contribution in [2.75, 3.05) is 4.90 Å². The molecular weight excluding hydrogens is 542 g/mol. The summed E-state index contributed by atoms with van der Waals surface area (Å²) >= 11 is 0. The fourth-order valence-corrected chi connectivity index (χ4v) is 6.39. The number of fused-ring (bicyclic) bond motifs is 3. The fourth-order valence-electron chi connectivity index (χ4n) is 6.39. The van der Waals surface area contributed by atoms with Crippen molar-refractivity contribution in [1.82, 2.24) is 0 Å². The average molecular weight is 574 g/mol. The molecule has 0 spiro atoms.